The van der Waals surface area contributed by atoms with Gasteiger partial charge in [-0.1, -0.05) is 21.6 Å². The van der Waals surface area contributed by atoms with E-state index in [2.05, 4.69) is 10.1 Å². The van der Waals surface area contributed by atoms with Gasteiger partial charge >= 0.3 is 18.4 Å². The second-order valence-corrected chi connectivity index (χ2v) is 5.23. The van der Waals surface area contributed by atoms with Crippen molar-refractivity contribution in [2.75, 3.05) is 11.5 Å². The molecule has 2 N–H and O–H groups in total. The lowest BCUT2D eigenvalue weighted by Crippen LogP contribution is -2.41. The summed E-state index contributed by atoms with van der Waals surface area (Å²) >= 11 is 0. The molecule has 0 rings (SSSR count). The van der Waals surface area contributed by atoms with E-state index in [4.69, 9.17) is 5.11 Å². The number of nitrogens with one attached hydrogen (secondary N) is 1. The molecule has 0 fully saturated rings. The maximum Gasteiger partial charge on any atom is 0.327 e. The zero-order valence-electron chi connectivity index (χ0n) is 8.87. The molecule has 0 saturated carbocycles. The normalized spacial score (nSPS) is 11.4. The van der Waals surface area contributed by atoms with Gasteiger partial charge < -0.3 is 15.2 Å². The van der Waals surface area contributed by atoms with Crippen molar-refractivity contribution in [3.8, 4) is 0 Å². The number of carboxylic acid groups (broad SMARTS) is 1. The van der Waals surface area contributed by atoms with Gasteiger partial charge in [-0.05, 0) is 0 Å². The standard InChI is InChI=1S/C8H11NO6S2/c1-5(11)9-6(8(13)14)2-16-17-3-7(12)15-4-10/h4,6H,2-3H2,1H3,(H,9,11)(H,13,14)/t6-/m0/s1. The number of hydrogen-bond acceptors (Lipinski definition) is 7. The maximum absolute atomic E-state index is 10.7. The van der Waals surface area contributed by atoms with Crippen LogP contribution in [0.15, 0.2) is 0 Å². The highest BCUT2D eigenvalue weighted by Crippen LogP contribution is 2.22. The maximum atomic E-state index is 10.7. The Bertz CT molecular complexity index is 308. The van der Waals surface area contributed by atoms with Gasteiger partial charge in [-0.15, -0.1) is 0 Å². The fraction of sp³-hybridized carbons (Fsp3) is 0.500. The van der Waals surface area contributed by atoms with Crippen LogP contribution >= 0.6 is 21.6 Å². The first kappa shape index (κ1) is 15.8. The van der Waals surface area contributed by atoms with Crippen molar-refractivity contribution in [2.24, 2.45) is 0 Å². The van der Waals surface area contributed by atoms with Gasteiger partial charge in [0.15, 0.2) is 0 Å². The monoisotopic (exact) mass is 281 g/mol. The predicted octanol–water partition coefficient (Wildman–Crippen LogP) is -0.343. The van der Waals surface area contributed by atoms with Crippen molar-refractivity contribution in [1.29, 1.82) is 0 Å². The average molecular weight is 281 g/mol. The van der Waals surface area contributed by atoms with Crippen LogP contribution in [0.25, 0.3) is 0 Å². The van der Waals surface area contributed by atoms with Crippen molar-refractivity contribution < 1.29 is 29.0 Å². The van der Waals surface area contributed by atoms with E-state index in [1.54, 1.807) is 0 Å². The Hall–Kier alpha value is -1.22. The minimum absolute atomic E-state index is 0.0327. The summed E-state index contributed by atoms with van der Waals surface area (Å²) < 4.78 is 4.02. The third-order valence-electron chi connectivity index (χ3n) is 1.35. The first-order valence-corrected chi connectivity index (χ1v) is 6.83. The number of aliphatic carboxylic acids is 1. The topological polar surface area (TPSA) is 110 Å². The zero-order valence-corrected chi connectivity index (χ0v) is 10.5. The highest BCUT2D eigenvalue weighted by molar-refractivity contribution is 8.76. The van der Waals surface area contributed by atoms with Gasteiger partial charge in [-0.3, -0.25) is 14.4 Å². The Balaban J connectivity index is 3.82. The van der Waals surface area contributed by atoms with E-state index in [9.17, 15) is 19.2 Å². The summed E-state index contributed by atoms with van der Waals surface area (Å²) in [6.07, 6.45) is 0. The van der Waals surface area contributed by atoms with Gasteiger partial charge in [0.1, 0.15) is 11.8 Å². The molecule has 0 aromatic heterocycles. The van der Waals surface area contributed by atoms with Crippen LogP contribution < -0.4 is 5.32 Å². The lowest BCUT2D eigenvalue weighted by atomic mass is 10.3. The van der Waals surface area contributed by atoms with Crippen molar-refractivity contribution >= 4 is 45.9 Å². The van der Waals surface area contributed by atoms with Crippen molar-refractivity contribution in [2.45, 2.75) is 13.0 Å². The molecule has 0 aliphatic rings. The van der Waals surface area contributed by atoms with E-state index in [0.717, 1.165) is 21.6 Å². The fourth-order valence-corrected chi connectivity index (χ4v) is 2.66. The summed E-state index contributed by atoms with van der Waals surface area (Å²) in [4.78, 5) is 41.9. The molecule has 7 nitrogen and oxygen atoms in total. The Morgan fingerprint density at radius 3 is 2.53 bits per heavy atom. The molecular weight excluding hydrogens is 270 g/mol. The summed E-state index contributed by atoms with van der Waals surface area (Å²) in [6, 6.07) is -1.01. The van der Waals surface area contributed by atoms with Crippen LogP contribution in [-0.2, 0) is 23.9 Å². The number of esters is 1. The molecule has 0 unspecified atom stereocenters. The van der Waals surface area contributed by atoms with E-state index in [1.165, 1.54) is 6.92 Å². The first-order chi connectivity index (χ1) is 7.97. The average Bonchev–Trinajstić information content (AvgIpc) is 2.22. The molecule has 0 radical (unpaired) electrons. The summed E-state index contributed by atoms with van der Waals surface area (Å²) in [6.45, 7) is 1.25. The zero-order chi connectivity index (χ0) is 13.3. The Kier molecular flexibility index (Phi) is 8.24. The van der Waals surface area contributed by atoms with Crippen LogP contribution in [-0.4, -0.2) is 47.0 Å². The number of carbonyl (C=O) groups is 4. The van der Waals surface area contributed by atoms with Crippen LogP contribution in [0, 0.1) is 0 Å². The van der Waals surface area contributed by atoms with E-state index < -0.39 is 23.9 Å². The number of carboxylic acids is 1. The van der Waals surface area contributed by atoms with E-state index >= 15 is 0 Å². The third-order valence-corrected chi connectivity index (χ3v) is 3.60. The summed E-state index contributed by atoms with van der Waals surface area (Å²) in [5, 5.41) is 11.0. The molecule has 0 aromatic carbocycles. The molecule has 1 atom stereocenters. The molecule has 0 spiro atoms. The van der Waals surface area contributed by atoms with Crippen LogP contribution in [0.5, 0.6) is 0 Å². The molecule has 1 amide bonds. The molecule has 0 saturated heterocycles. The molecule has 9 heteroatoms. The number of amides is 1. The number of hydrogen-bond donors (Lipinski definition) is 2. The lowest BCUT2D eigenvalue weighted by Gasteiger charge is -2.11. The van der Waals surface area contributed by atoms with E-state index in [0.29, 0.717) is 0 Å². The molecule has 0 bridgehead atoms. The largest absolute Gasteiger partial charge is 0.480 e. The minimum Gasteiger partial charge on any atom is -0.480 e. The molecule has 0 aliphatic heterocycles. The summed E-state index contributed by atoms with van der Waals surface area (Å²) in [5.41, 5.74) is 0. The van der Waals surface area contributed by atoms with Gasteiger partial charge in [0.05, 0.1) is 0 Å². The number of carbonyl (C=O) groups excluding carboxylic acids is 3. The second-order valence-electron chi connectivity index (χ2n) is 2.72. The molecule has 0 heterocycles. The molecule has 96 valence electrons. The highest BCUT2D eigenvalue weighted by Gasteiger charge is 2.18. The Labute approximate surface area is 105 Å². The van der Waals surface area contributed by atoms with E-state index in [1.807, 2.05) is 0 Å². The van der Waals surface area contributed by atoms with Gasteiger partial charge in [-0.2, -0.15) is 0 Å². The highest BCUT2D eigenvalue weighted by atomic mass is 33.1. The molecule has 17 heavy (non-hydrogen) atoms. The molecule has 0 aliphatic carbocycles. The van der Waals surface area contributed by atoms with Gasteiger partial charge in [0, 0.05) is 12.7 Å². The lowest BCUT2D eigenvalue weighted by molar-refractivity contribution is -0.149. The predicted molar refractivity (Wildman–Crippen MR) is 62.3 cm³/mol. The van der Waals surface area contributed by atoms with Crippen molar-refractivity contribution in [3.63, 3.8) is 0 Å². The summed E-state index contributed by atoms with van der Waals surface area (Å²) in [5.74, 6) is -2.26. The van der Waals surface area contributed by atoms with Crippen LogP contribution in [0.4, 0.5) is 0 Å². The second kappa shape index (κ2) is 8.88. The first-order valence-electron chi connectivity index (χ1n) is 4.34. The fourth-order valence-electron chi connectivity index (χ4n) is 0.714. The van der Waals surface area contributed by atoms with Gasteiger partial charge in [0.25, 0.3) is 0 Å². The number of rotatable bonds is 8. The van der Waals surface area contributed by atoms with Gasteiger partial charge in [0.2, 0.25) is 5.91 Å². The smallest absolute Gasteiger partial charge is 0.327 e. The van der Waals surface area contributed by atoms with Gasteiger partial charge in [-0.25, -0.2) is 4.79 Å². The van der Waals surface area contributed by atoms with Crippen molar-refractivity contribution in [1.82, 2.24) is 5.32 Å². The van der Waals surface area contributed by atoms with Crippen LogP contribution in [0.3, 0.4) is 0 Å². The quantitative estimate of drug-likeness (QED) is 0.204. The molecule has 0 aromatic rings. The van der Waals surface area contributed by atoms with Crippen LogP contribution in [0.2, 0.25) is 0 Å². The van der Waals surface area contributed by atoms with E-state index in [-0.39, 0.29) is 18.0 Å². The molecular formula is C8H11NO6S2. The number of ether oxygens (including phenoxy) is 1. The van der Waals surface area contributed by atoms with Crippen LogP contribution in [0.1, 0.15) is 6.92 Å². The summed E-state index contributed by atoms with van der Waals surface area (Å²) in [7, 11) is 2.13. The Morgan fingerprint density at radius 2 is 2.06 bits per heavy atom. The third kappa shape index (κ3) is 8.57. The van der Waals surface area contributed by atoms with Crippen molar-refractivity contribution in [3.05, 3.63) is 0 Å². The SMILES string of the molecule is CC(=O)N[C@@H](CSSCC(=O)OC=O)C(=O)O. The minimum atomic E-state index is -1.15. The Morgan fingerprint density at radius 1 is 1.41 bits per heavy atom.